The number of hydrogen-bond donors (Lipinski definition) is 4. The Balaban J connectivity index is 3.40. The van der Waals surface area contributed by atoms with E-state index in [9.17, 15) is 4.79 Å². The second-order valence-corrected chi connectivity index (χ2v) is 4.76. The van der Waals surface area contributed by atoms with Crippen molar-refractivity contribution in [2.24, 2.45) is 11.7 Å². The molecule has 0 saturated carbocycles. The van der Waals surface area contributed by atoms with E-state index in [2.05, 4.69) is 5.32 Å². The normalized spacial score (nSPS) is 12.6. The Hall–Kier alpha value is -0.585. The molecule has 1 atom stereocenters. The van der Waals surface area contributed by atoms with Gasteiger partial charge in [0.05, 0.1) is 0 Å². The highest BCUT2D eigenvalue weighted by Crippen LogP contribution is 2.05. The summed E-state index contributed by atoms with van der Waals surface area (Å²) in [6, 6.07) is 0.0679. The van der Waals surface area contributed by atoms with Crippen LogP contribution < -0.4 is 11.1 Å². The van der Waals surface area contributed by atoms with E-state index < -0.39 is 7.12 Å². The largest absolute Gasteiger partial charge is 0.451 e. The molecule has 0 heterocycles. The SMILES string of the molecule is CC(C)C(=O)NCCC(N)CCCCB(O)O. The Morgan fingerprint density at radius 3 is 2.47 bits per heavy atom. The number of unbranched alkanes of at least 4 members (excludes halogenated alkanes) is 1. The van der Waals surface area contributed by atoms with Crippen molar-refractivity contribution in [3.8, 4) is 0 Å². The van der Waals surface area contributed by atoms with E-state index in [1.165, 1.54) is 0 Å². The van der Waals surface area contributed by atoms with Crippen LogP contribution in [0.2, 0.25) is 6.32 Å². The summed E-state index contributed by atoms with van der Waals surface area (Å²) in [5, 5.41) is 20.1. The van der Waals surface area contributed by atoms with Crippen LogP contribution in [0.25, 0.3) is 0 Å². The van der Waals surface area contributed by atoms with E-state index in [0.717, 1.165) is 25.7 Å². The van der Waals surface area contributed by atoms with Crippen LogP contribution in [0.15, 0.2) is 0 Å². The first-order chi connectivity index (χ1) is 7.93. The topological polar surface area (TPSA) is 95.6 Å². The van der Waals surface area contributed by atoms with Crippen molar-refractivity contribution >= 4 is 13.0 Å². The summed E-state index contributed by atoms with van der Waals surface area (Å²) >= 11 is 0. The molecule has 5 N–H and O–H groups in total. The molecule has 6 heteroatoms. The third-order valence-corrected chi connectivity index (χ3v) is 2.63. The second kappa shape index (κ2) is 9.45. The van der Waals surface area contributed by atoms with E-state index in [0.29, 0.717) is 12.9 Å². The van der Waals surface area contributed by atoms with Gasteiger partial charge in [-0.15, -0.1) is 0 Å². The Morgan fingerprint density at radius 2 is 1.94 bits per heavy atom. The van der Waals surface area contributed by atoms with Crippen molar-refractivity contribution in [2.75, 3.05) is 6.54 Å². The standard InChI is InChI=1S/C11H25BN2O3/c1-9(2)11(15)14-8-6-10(13)5-3-4-7-12(16)17/h9-10,16-17H,3-8,13H2,1-2H3,(H,14,15). The highest BCUT2D eigenvalue weighted by Gasteiger charge is 2.09. The molecule has 0 aliphatic carbocycles. The van der Waals surface area contributed by atoms with Gasteiger partial charge in [-0.25, -0.2) is 0 Å². The van der Waals surface area contributed by atoms with Gasteiger partial charge in [-0.1, -0.05) is 26.7 Å². The van der Waals surface area contributed by atoms with Gasteiger partial charge in [-0.2, -0.15) is 0 Å². The third kappa shape index (κ3) is 10.3. The van der Waals surface area contributed by atoms with Crippen LogP contribution in [0.1, 0.15) is 39.5 Å². The molecule has 0 aromatic carbocycles. The summed E-state index contributed by atoms with van der Waals surface area (Å²) in [6.45, 7) is 4.33. The van der Waals surface area contributed by atoms with Crippen molar-refractivity contribution in [2.45, 2.75) is 51.9 Å². The number of nitrogens with two attached hydrogens (primary N) is 1. The maximum absolute atomic E-state index is 11.3. The van der Waals surface area contributed by atoms with Gasteiger partial charge in [-0.05, 0) is 19.2 Å². The van der Waals surface area contributed by atoms with Crippen molar-refractivity contribution in [3.63, 3.8) is 0 Å². The van der Waals surface area contributed by atoms with Gasteiger partial charge < -0.3 is 21.1 Å². The Labute approximate surface area is 104 Å². The van der Waals surface area contributed by atoms with Crippen LogP contribution in [0.3, 0.4) is 0 Å². The van der Waals surface area contributed by atoms with Gasteiger partial charge in [0.1, 0.15) is 0 Å². The second-order valence-electron chi connectivity index (χ2n) is 4.76. The molecule has 100 valence electrons. The first kappa shape index (κ1) is 16.4. The highest BCUT2D eigenvalue weighted by molar-refractivity contribution is 6.40. The molecular weight excluding hydrogens is 219 g/mol. The third-order valence-electron chi connectivity index (χ3n) is 2.63. The fourth-order valence-electron chi connectivity index (χ4n) is 1.46. The number of carbonyl (C=O) groups excluding carboxylic acids is 1. The van der Waals surface area contributed by atoms with Gasteiger partial charge in [0, 0.05) is 18.5 Å². The lowest BCUT2D eigenvalue weighted by Crippen LogP contribution is -2.32. The molecular formula is C11H25BN2O3. The first-order valence-corrected chi connectivity index (χ1v) is 6.33. The lowest BCUT2D eigenvalue weighted by Gasteiger charge is -2.13. The highest BCUT2D eigenvalue weighted by atomic mass is 16.4. The molecule has 0 bridgehead atoms. The maximum atomic E-state index is 11.3. The molecule has 0 aliphatic rings. The summed E-state index contributed by atoms with van der Waals surface area (Å²) in [5.41, 5.74) is 5.88. The molecule has 0 fully saturated rings. The Kier molecular flexibility index (Phi) is 9.12. The number of nitrogens with one attached hydrogen (secondary N) is 1. The van der Waals surface area contributed by atoms with Crippen LogP contribution in [-0.2, 0) is 4.79 Å². The molecule has 0 radical (unpaired) electrons. The van der Waals surface area contributed by atoms with Gasteiger partial charge in [0.2, 0.25) is 5.91 Å². The molecule has 5 nitrogen and oxygen atoms in total. The summed E-state index contributed by atoms with van der Waals surface area (Å²) in [6.07, 6.45) is 3.67. The minimum Gasteiger partial charge on any atom is -0.427 e. The van der Waals surface area contributed by atoms with E-state index in [-0.39, 0.29) is 17.9 Å². The van der Waals surface area contributed by atoms with E-state index in [4.69, 9.17) is 15.8 Å². The van der Waals surface area contributed by atoms with Gasteiger partial charge in [0.15, 0.2) is 0 Å². The molecule has 0 rings (SSSR count). The van der Waals surface area contributed by atoms with Crippen molar-refractivity contribution in [3.05, 3.63) is 0 Å². The fourth-order valence-corrected chi connectivity index (χ4v) is 1.46. The summed E-state index contributed by atoms with van der Waals surface area (Å²) in [7, 11) is -1.21. The molecule has 1 amide bonds. The van der Waals surface area contributed by atoms with Gasteiger partial charge >= 0.3 is 7.12 Å². The quantitative estimate of drug-likeness (QED) is 0.342. The smallest absolute Gasteiger partial charge is 0.427 e. The van der Waals surface area contributed by atoms with Crippen LogP contribution >= 0.6 is 0 Å². The number of rotatable bonds is 9. The summed E-state index contributed by atoms with van der Waals surface area (Å²) in [4.78, 5) is 11.3. The zero-order valence-electron chi connectivity index (χ0n) is 10.9. The van der Waals surface area contributed by atoms with Gasteiger partial charge in [0.25, 0.3) is 0 Å². The van der Waals surface area contributed by atoms with Crippen molar-refractivity contribution < 1.29 is 14.8 Å². The van der Waals surface area contributed by atoms with Crippen molar-refractivity contribution in [1.29, 1.82) is 0 Å². The predicted octanol–water partition coefficient (Wildman–Crippen LogP) is 0.119. The lowest BCUT2D eigenvalue weighted by molar-refractivity contribution is -0.123. The zero-order valence-corrected chi connectivity index (χ0v) is 10.9. The van der Waals surface area contributed by atoms with Crippen LogP contribution in [0, 0.1) is 5.92 Å². The molecule has 0 aromatic rings. The average Bonchev–Trinajstić information content (AvgIpc) is 2.23. The molecule has 0 saturated heterocycles. The number of hydrogen-bond acceptors (Lipinski definition) is 4. The Morgan fingerprint density at radius 1 is 1.29 bits per heavy atom. The predicted molar refractivity (Wildman–Crippen MR) is 69.3 cm³/mol. The number of amides is 1. The number of carbonyl (C=O) groups is 1. The minimum absolute atomic E-state index is 0.0114. The zero-order chi connectivity index (χ0) is 13.3. The molecule has 0 aromatic heterocycles. The van der Waals surface area contributed by atoms with E-state index in [1.807, 2.05) is 13.8 Å². The fraction of sp³-hybridized carbons (Fsp3) is 0.909. The van der Waals surface area contributed by atoms with Crippen LogP contribution in [0.5, 0.6) is 0 Å². The van der Waals surface area contributed by atoms with Crippen LogP contribution in [0.4, 0.5) is 0 Å². The lowest BCUT2D eigenvalue weighted by atomic mass is 9.83. The Bertz CT molecular complexity index is 213. The van der Waals surface area contributed by atoms with E-state index in [1.54, 1.807) is 0 Å². The summed E-state index contributed by atoms with van der Waals surface area (Å²) < 4.78 is 0. The molecule has 0 aliphatic heterocycles. The van der Waals surface area contributed by atoms with Crippen molar-refractivity contribution in [1.82, 2.24) is 5.32 Å². The molecule has 0 spiro atoms. The first-order valence-electron chi connectivity index (χ1n) is 6.33. The van der Waals surface area contributed by atoms with Crippen LogP contribution in [-0.4, -0.2) is 35.7 Å². The summed E-state index contributed by atoms with van der Waals surface area (Å²) in [5.74, 6) is 0.0675. The molecule has 17 heavy (non-hydrogen) atoms. The maximum Gasteiger partial charge on any atom is 0.451 e. The molecule has 1 unspecified atom stereocenters. The minimum atomic E-state index is -1.21. The average molecular weight is 244 g/mol. The van der Waals surface area contributed by atoms with E-state index >= 15 is 0 Å². The van der Waals surface area contributed by atoms with Gasteiger partial charge in [-0.3, -0.25) is 4.79 Å². The monoisotopic (exact) mass is 244 g/mol.